The van der Waals surface area contributed by atoms with E-state index in [1.807, 2.05) is 53.4 Å². The van der Waals surface area contributed by atoms with Gasteiger partial charge in [0.15, 0.2) is 0 Å². The van der Waals surface area contributed by atoms with Crippen molar-refractivity contribution in [3.05, 3.63) is 71.8 Å². The molecule has 0 saturated carbocycles. The number of hydrogen-bond acceptors (Lipinski definition) is 2. The molecule has 3 nitrogen and oxygen atoms in total. The van der Waals surface area contributed by atoms with Crippen LogP contribution in [0.25, 0.3) is 0 Å². The summed E-state index contributed by atoms with van der Waals surface area (Å²) in [6.07, 6.45) is 0.869. The summed E-state index contributed by atoms with van der Waals surface area (Å²) in [4.78, 5) is 14.8. The zero-order valence-corrected chi connectivity index (χ0v) is 13.7. The first-order valence-corrected chi connectivity index (χ1v) is 8.09. The molecule has 0 aliphatic carbocycles. The second-order valence-corrected chi connectivity index (χ2v) is 6.72. The van der Waals surface area contributed by atoms with Crippen LogP contribution in [-0.2, 0) is 11.2 Å². The van der Waals surface area contributed by atoms with Crippen LogP contribution in [0.15, 0.2) is 60.7 Å². The summed E-state index contributed by atoms with van der Waals surface area (Å²) in [7, 11) is 0. The molecule has 2 aromatic rings. The zero-order valence-electron chi connectivity index (χ0n) is 13.7. The highest BCUT2D eigenvalue weighted by atomic mass is 16.5. The first-order chi connectivity index (χ1) is 11.1. The second-order valence-electron chi connectivity index (χ2n) is 6.72. The van der Waals surface area contributed by atoms with E-state index in [-0.39, 0.29) is 17.6 Å². The Morgan fingerprint density at radius 3 is 2.35 bits per heavy atom. The van der Waals surface area contributed by atoms with E-state index < -0.39 is 0 Å². The third-order valence-corrected chi connectivity index (χ3v) is 4.36. The van der Waals surface area contributed by atoms with Gasteiger partial charge in [-0.2, -0.15) is 0 Å². The van der Waals surface area contributed by atoms with E-state index in [1.54, 1.807) is 0 Å². The summed E-state index contributed by atoms with van der Waals surface area (Å²) in [5.41, 5.74) is 1.69. The standard InChI is InChI=1S/C20H23NO2/c1-20(2)15-23-18(13-16-9-5-3-6-10-16)14-21(20)19(22)17-11-7-4-8-12-17/h3-12,18H,13-15H2,1-2H3. The SMILES string of the molecule is CC1(C)COC(Cc2ccccc2)CN1C(=O)c1ccccc1. The molecule has 0 radical (unpaired) electrons. The number of ether oxygens (including phenoxy) is 1. The maximum Gasteiger partial charge on any atom is 0.254 e. The Labute approximate surface area is 137 Å². The third-order valence-electron chi connectivity index (χ3n) is 4.36. The lowest BCUT2D eigenvalue weighted by Gasteiger charge is -2.45. The largest absolute Gasteiger partial charge is 0.374 e. The molecule has 1 unspecified atom stereocenters. The smallest absolute Gasteiger partial charge is 0.254 e. The van der Waals surface area contributed by atoms with Crippen LogP contribution in [0.3, 0.4) is 0 Å². The molecule has 1 aliphatic heterocycles. The normalized spacial score (nSPS) is 20.3. The van der Waals surface area contributed by atoms with Gasteiger partial charge >= 0.3 is 0 Å². The van der Waals surface area contributed by atoms with Crippen LogP contribution in [0.2, 0.25) is 0 Å². The topological polar surface area (TPSA) is 29.5 Å². The molecule has 1 atom stereocenters. The van der Waals surface area contributed by atoms with E-state index in [2.05, 4.69) is 26.0 Å². The Hall–Kier alpha value is -2.13. The molecule has 1 saturated heterocycles. The van der Waals surface area contributed by atoms with Crippen LogP contribution < -0.4 is 0 Å². The number of rotatable bonds is 3. The Morgan fingerprint density at radius 2 is 1.70 bits per heavy atom. The Bertz CT molecular complexity index is 652. The van der Waals surface area contributed by atoms with Crippen molar-refractivity contribution in [1.29, 1.82) is 0 Å². The molecule has 0 N–H and O–H groups in total. The average molecular weight is 309 g/mol. The van der Waals surface area contributed by atoms with Crippen molar-refractivity contribution in [2.75, 3.05) is 13.2 Å². The fourth-order valence-corrected chi connectivity index (χ4v) is 3.00. The van der Waals surface area contributed by atoms with Gasteiger partial charge in [0.1, 0.15) is 0 Å². The molecular weight excluding hydrogens is 286 g/mol. The molecule has 1 amide bonds. The highest BCUT2D eigenvalue weighted by Gasteiger charge is 2.38. The Kier molecular flexibility index (Phi) is 4.49. The lowest BCUT2D eigenvalue weighted by molar-refractivity contribution is -0.0821. The summed E-state index contributed by atoms with van der Waals surface area (Å²) in [6.45, 7) is 5.30. The number of benzene rings is 2. The van der Waals surface area contributed by atoms with Crippen LogP contribution in [0.5, 0.6) is 0 Å². The van der Waals surface area contributed by atoms with Gasteiger partial charge in [-0.15, -0.1) is 0 Å². The minimum atomic E-state index is -0.292. The van der Waals surface area contributed by atoms with Crippen molar-refractivity contribution in [3.63, 3.8) is 0 Å². The molecular formula is C20H23NO2. The van der Waals surface area contributed by atoms with E-state index >= 15 is 0 Å². The van der Waals surface area contributed by atoms with Gasteiger partial charge in [0.25, 0.3) is 5.91 Å². The Morgan fingerprint density at radius 1 is 1.09 bits per heavy atom. The van der Waals surface area contributed by atoms with E-state index in [4.69, 9.17) is 4.74 Å². The number of morpholine rings is 1. The fraction of sp³-hybridized carbons (Fsp3) is 0.350. The summed E-state index contributed by atoms with van der Waals surface area (Å²) >= 11 is 0. The molecule has 1 heterocycles. The molecule has 1 aliphatic rings. The molecule has 3 rings (SSSR count). The number of carbonyl (C=O) groups excluding carboxylic acids is 1. The zero-order chi connectivity index (χ0) is 16.3. The molecule has 23 heavy (non-hydrogen) atoms. The van der Waals surface area contributed by atoms with Gasteiger partial charge in [0, 0.05) is 18.5 Å². The first-order valence-electron chi connectivity index (χ1n) is 8.09. The van der Waals surface area contributed by atoms with E-state index in [1.165, 1.54) is 5.56 Å². The van der Waals surface area contributed by atoms with Crippen LogP contribution in [0.4, 0.5) is 0 Å². The second kappa shape index (κ2) is 6.55. The van der Waals surface area contributed by atoms with Crippen molar-refractivity contribution in [2.45, 2.75) is 31.9 Å². The predicted molar refractivity (Wildman–Crippen MR) is 91.4 cm³/mol. The summed E-state index contributed by atoms with van der Waals surface area (Å²) < 4.78 is 6.02. The van der Waals surface area contributed by atoms with Crippen molar-refractivity contribution < 1.29 is 9.53 Å². The molecule has 0 aromatic heterocycles. The van der Waals surface area contributed by atoms with Crippen LogP contribution in [-0.4, -0.2) is 35.6 Å². The van der Waals surface area contributed by atoms with Crippen LogP contribution >= 0.6 is 0 Å². The van der Waals surface area contributed by atoms with Crippen molar-refractivity contribution in [3.8, 4) is 0 Å². The van der Waals surface area contributed by atoms with Gasteiger partial charge < -0.3 is 9.64 Å². The summed E-state index contributed by atoms with van der Waals surface area (Å²) in [5.74, 6) is 0.0805. The number of nitrogens with zero attached hydrogens (tertiary/aromatic N) is 1. The molecule has 120 valence electrons. The lowest BCUT2D eigenvalue weighted by atomic mass is 9.97. The van der Waals surface area contributed by atoms with Crippen LogP contribution in [0, 0.1) is 0 Å². The predicted octanol–water partition coefficient (Wildman–Crippen LogP) is 3.55. The molecule has 3 heteroatoms. The highest BCUT2D eigenvalue weighted by molar-refractivity contribution is 5.94. The van der Waals surface area contributed by atoms with E-state index in [0.29, 0.717) is 13.2 Å². The minimum Gasteiger partial charge on any atom is -0.374 e. The van der Waals surface area contributed by atoms with Gasteiger partial charge in [-0.05, 0) is 31.5 Å². The number of amides is 1. The fourth-order valence-electron chi connectivity index (χ4n) is 3.00. The number of hydrogen-bond donors (Lipinski definition) is 0. The molecule has 0 bridgehead atoms. The summed E-state index contributed by atoms with van der Waals surface area (Å²) in [5, 5.41) is 0. The summed E-state index contributed by atoms with van der Waals surface area (Å²) in [6, 6.07) is 19.8. The van der Waals surface area contributed by atoms with Gasteiger partial charge in [0.05, 0.1) is 18.2 Å². The lowest BCUT2D eigenvalue weighted by Crippen LogP contribution is -2.58. The van der Waals surface area contributed by atoms with Crippen molar-refractivity contribution in [1.82, 2.24) is 4.90 Å². The maximum atomic E-state index is 12.9. The first kappa shape index (κ1) is 15.8. The Balaban J connectivity index is 1.76. The maximum absolute atomic E-state index is 12.9. The van der Waals surface area contributed by atoms with Crippen molar-refractivity contribution >= 4 is 5.91 Å². The molecule has 2 aromatic carbocycles. The van der Waals surface area contributed by atoms with E-state index in [0.717, 1.165) is 12.0 Å². The molecule has 1 fully saturated rings. The number of carbonyl (C=O) groups is 1. The monoisotopic (exact) mass is 309 g/mol. The molecule has 0 spiro atoms. The van der Waals surface area contributed by atoms with Crippen molar-refractivity contribution in [2.24, 2.45) is 0 Å². The highest BCUT2D eigenvalue weighted by Crippen LogP contribution is 2.25. The van der Waals surface area contributed by atoms with Gasteiger partial charge in [-0.3, -0.25) is 4.79 Å². The van der Waals surface area contributed by atoms with Gasteiger partial charge in [-0.25, -0.2) is 0 Å². The van der Waals surface area contributed by atoms with Crippen LogP contribution in [0.1, 0.15) is 29.8 Å². The van der Waals surface area contributed by atoms with Gasteiger partial charge in [0.2, 0.25) is 0 Å². The van der Waals surface area contributed by atoms with E-state index in [9.17, 15) is 4.79 Å². The average Bonchev–Trinajstić information content (AvgIpc) is 2.57. The quantitative estimate of drug-likeness (QED) is 0.868. The minimum absolute atomic E-state index is 0.0399. The van der Waals surface area contributed by atoms with Gasteiger partial charge in [-0.1, -0.05) is 48.5 Å². The third kappa shape index (κ3) is 3.62.